The third-order valence-corrected chi connectivity index (χ3v) is 2.92. The molecule has 0 spiro atoms. The van der Waals surface area contributed by atoms with E-state index >= 15 is 0 Å². The molecule has 0 aliphatic heterocycles. The maximum absolute atomic E-state index is 13.6. The van der Waals surface area contributed by atoms with E-state index < -0.39 is 22.4 Å². The second kappa shape index (κ2) is 5.39. The fourth-order valence-corrected chi connectivity index (χ4v) is 1.80. The molecule has 88 valence electrons. The maximum atomic E-state index is 13.6. The van der Waals surface area contributed by atoms with E-state index in [1.807, 2.05) is 0 Å². The van der Waals surface area contributed by atoms with Gasteiger partial charge < -0.3 is 4.74 Å². The van der Waals surface area contributed by atoms with Crippen LogP contribution >= 0.6 is 15.9 Å². The van der Waals surface area contributed by atoms with Gasteiger partial charge in [-0.05, 0) is 18.6 Å². The summed E-state index contributed by atoms with van der Waals surface area (Å²) in [5.74, 6) is -1.83. The van der Waals surface area contributed by atoms with E-state index in [-0.39, 0.29) is 12.0 Å². The fraction of sp³-hybridized carbons (Fsp3) is 0.364. The number of methoxy groups -OCH3 is 1. The minimum atomic E-state index is -0.747. The Balaban J connectivity index is 2.97. The SMILES string of the molecule is COC(=O)C(Br)Cc1c(F)ccc(C)c1F. The number of halogens is 3. The second-order valence-electron chi connectivity index (χ2n) is 3.35. The number of alkyl halides is 1. The van der Waals surface area contributed by atoms with Gasteiger partial charge in [-0.3, -0.25) is 4.79 Å². The van der Waals surface area contributed by atoms with Crippen LogP contribution in [-0.4, -0.2) is 17.9 Å². The highest BCUT2D eigenvalue weighted by Gasteiger charge is 2.21. The summed E-state index contributed by atoms with van der Waals surface area (Å²) in [5, 5.41) is 0. The van der Waals surface area contributed by atoms with Crippen molar-refractivity contribution in [1.29, 1.82) is 0 Å². The molecule has 1 unspecified atom stereocenters. The number of benzene rings is 1. The van der Waals surface area contributed by atoms with Gasteiger partial charge in [0.15, 0.2) is 0 Å². The van der Waals surface area contributed by atoms with Crippen LogP contribution in [0.4, 0.5) is 8.78 Å². The molecule has 1 rings (SSSR count). The molecule has 0 N–H and O–H groups in total. The monoisotopic (exact) mass is 292 g/mol. The van der Waals surface area contributed by atoms with E-state index in [0.717, 1.165) is 0 Å². The van der Waals surface area contributed by atoms with Crippen molar-refractivity contribution in [3.63, 3.8) is 0 Å². The number of esters is 1. The van der Waals surface area contributed by atoms with Gasteiger partial charge in [0.2, 0.25) is 0 Å². The van der Waals surface area contributed by atoms with Crippen LogP contribution in [0.25, 0.3) is 0 Å². The molecule has 1 aromatic carbocycles. The summed E-state index contributed by atoms with van der Waals surface area (Å²) in [5.41, 5.74) is 0.244. The lowest BCUT2D eigenvalue weighted by atomic mass is 10.1. The Morgan fingerprint density at radius 3 is 2.69 bits per heavy atom. The fourth-order valence-electron chi connectivity index (χ4n) is 1.29. The summed E-state index contributed by atoms with van der Waals surface area (Å²) < 4.78 is 31.4. The predicted octanol–water partition coefficient (Wildman–Crippen LogP) is 2.75. The number of hydrogen-bond acceptors (Lipinski definition) is 2. The quantitative estimate of drug-likeness (QED) is 0.633. The first-order chi connectivity index (χ1) is 7.47. The van der Waals surface area contributed by atoms with Crippen LogP contribution < -0.4 is 0 Å². The van der Waals surface area contributed by atoms with E-state index in [2.05, 4.69) is 20.7 Å². The van der Waals surface area contributed by atoms with Gasteiger partial charge in [0.05, 0.1) is 7.11 Å². The normalized spacial score (nSPS) is 12.3. The summed E-state index contributed by atoms with van der Waals surface area (Å²) in [6.07, 6.45) is -0.0774. The lowest BCUT2D eigenvalue weighted by molar-refractivity contribution is -0.139. The van der Waals surface area contributed by atoms with Crippen molar-refractivity contribution in [2.45, 2.75) is 18.2 Å². The summed E-state index contributed by atoms with van der Waals surface area (Å²) in [6, 6.07) is 2.54. The van der Waals surface area contributed by atoms with Crippen molar-refractivity contribution >= 4 is 21.9 Å². The molecule has 2 nitrogen and oxygen atoms in total. The van der Waals surface area contributed by atoms with Gasteiger partial charge in [-0.1, -0.05) is 22.0 Å². The predicted molar refractivity (Wildman–Crippen MR) is 59.5 cm³/mol. The Morgan fingerprint density at radius 1 is 1.50 bits per heavy atom. The van der Waals surface area contributed by atoms with E-state index in [1.54, 1.807) is 6.92 Å². The maximum Gasteiger partial charge on any atom is 0.319 e. The van der Waals surface area contributed by atoms with Gasteiger partial charge in [-0.15, -0.1) is 0 Å². The Morgan fingerprint density at radius 2 is 2.12 bits per heavy atom. The van der Waals surface area contributed by atoms with Gasteiger partial charge in [0.25, 0.3) is 0 Å². The molecule has 0 aromatic heterocycles. The number of aryl methyl sites for hydroxylation is 1. The smallest absolute Gasteiger partial charge is 0.319 e. The van der Waals surface area contributed by atoms with Crippen LogP contribution in [-0.2, 0) is 16.0 Å². The molecule has 0 saturated heterocycles. The molecular formula is C11H11BrF2O2. The van der Waals surface area contributed by atoms with Gasteiger partial charge in [0.1, 0.15) is 16.5 Å². The average molecular weight is 293 g/mol. The molecule has 0 radical (unpaired) electrons. The Hall–Kier alpha value is -0.970. The van der Waals surface area contributed by atoms with Gasteiger partial charge in [0, 0.05) is 12.0 Å². The van der Waals surface area contributed by atoms with Gasteiger partial charge >= 0.3 is 5.97 Å². The molecule has 5 heteroatoms. The number of ether oxygens (including phenoxy) is 1. The molecule has 0 aliphatic carbocycles. The zero-order valence-electron chi connectivity index (χ0n) is 8.89. The molecule has 1 aromatic rings. The first kappa shape index (κ1) is 13.1. The summed E-state index contributed by atoms with van der Waals surface area (Å²) in [6.45, 7) is 1.54. The topological polar surface area (TPSA) is 26.3 Å². The molecule has 0 fully saturated rings. The number of carbonyl (C=O) groups is 1. The Labute approximate surface area is 101 Å². The minimum absolute atomic E-state index is 0.0774. The van der Waals surface area contributed by atoms with Crippen LogP contribution in [0, 0.1) is 18.6 Å². The van der Waals surface area contributed by atoms with Crippen LogP contribution in [0.3, 0.4) is 0 Å². The van der Waals surface area contributed by atoms with Crippen LogP contribution in [0.5, 0.6) is 0 Å². The van der Waals surface area contributed by atoms with Crippen molar-refractivity contribution in [2.75, 3.05) is 7.11 Å². The highest BCUT2D eigenvalue weighted by Crippen LogP contribution is 2.20. The van der Waals surface area contributed by atoms with E-state index in [4.69, 9.17) is 0 Å². The lowest BCUT2D eigenvalue weighted by Crippen LogP contribution is -2.19. The molecule has 0 amide bonds. The molecule has 16 heavy (non-hydrogen) atoms. The van der Waals surface area contributed by atoms with Crippen LogP contribution in [0.2, 0.25) is 0 Å². The first-order valence-corrected chi connectivity index (χ1v) is 5.54. The number of hydrogen-bond donors (Lipinski definition) is 0. The summed E-state index contributed by atoms with van der Waals surface area (Å²) in [4.78, 5) is 10.4. The van der Waals surface area contributed by atoms with Crippen molar-refractivity contribution in [2.24, 2.45) is 0 Å². The molecule has 0 bridgehead atoms. The highest BCUT2D eigenvalue weighted by atomic mass is 79.9. The van der Waals surface area contributed by atoms with Crippen LogP contribution in [0.1, 0.15) is 11.1 Å². The van der Waals surface area contributed by atoms with Crippen molar-refractivity contribution < 1.29 is 18.3 Å². The van der Waals surface area contributed by atoms with Crippen LogP contribution in [0.15, 0.2) is 12.1 Å². The number of rotatable bonds is 3. The zero-order chi connectivity index (χ0) is 12.3. The Kier molecular flexibility index (Phi) is 4.41. The minimum Gasteiger partial charge on any atom is -0.468 e. The largest absolute Gasteiger partial charge is 0.468 e. The van der Waals surface area contributed by atoms with Crippen molar-refractivity contribution in [1.82, 2.24) is 0 Å². The molecule has 0 saturated carbocycles. The first-order valence-electron chi connectivity index (χ1n) is 4.62. The summed E-state index contributed by atoms with van der Waals surface area (Å²) in [7, 11) is 1.22. The third-order valence-electron chi connectivity index (χ3n) is 2.22. The summed E-state index contributed by atoms with van der Waals surface area (Å²) >= 11 is 3.03. The van der Waals surface area contributed by atoms with E-state index in [9.17, 15) is 13.6 Å². The molecule has 1 atom stereocenters. The third kappa shape index (κ3) is 2.78. The zero-order valence-corrected chi connectivity index (χ0v) is 10.5. The lowest BCUT2D eigenvalue weighted by Gasteiger charge is -2.10. The standard InChI is InChI=1S/C11H11BrF2O2/c1-6-3-4-9(13)7(10(6)14)5-8(12)11(15)16-2/h3-4,8H,5H2,1-2H3. The van der Waals surface area contributed by atoms with Crippen molar-refractivity contribution in [3.05, 3.63) is 34.9 Å². The van der Waals surface area contributed by atoms with Gasteiger partial charge in [-0.25, -0.2) is 8.78 Å². The molecular weight excluding hydrogens is 282 g/mol. The average Bonchev–Trinajstić information content (AvgIpc) is 2.28. The van der Waals surface area contributed by atoms with Gasteiger partial charge in [-0.2, -0.15) is 0 Å². The van der Waals surface area contributed by atoms with E-state index in [0.29, 0.717) is 5.56 Å². The molecule has 0 aliphatic rings. The molecule has 0 heterocycles. The Bertz CT molecular complexity index is 407. The highest BCUT2D eigenvalue weighted by molar-refractivity contribution is 9.10. The van der Waals surface area contributed by atoms with Crippen molar-refractivity contribution in [3.8, 4) is 0 Å². The van der Waals surface area contributed by atoms with E-state index in [1.165, 1.54) is 19.2 Å². The number of carbonyl (C=O) groups excluding carboxylic acids is 1. The second-order valence-corrected chi connectivity index (χ2v) is 4.46.